The SMILES string of the molecule is O=C(O)CCC1C2CCC1CC(=O)C2. The van der Waals surface area contributed by atoms with E-state index in [2.05, 4.69) is 0 Å². The minimum Gasteiger partial charge on any atom is -0.481 e. The first-order valence-corrected chi connectivity index (χ1v) is 5.40. The summed E-state index contributed by atoms with van der Waals surface area (Å²) < 4.78 is 0. The molecule has 2 rings (SSSR count). The van der Waals surface area contributed by atoms with E-state index in [4.69, 9.17) is 5.11 Å². The summed E-state index contributed by atoms with van der Waals surface area (Å²) in [5, 5.41) is 8.62. The number of rotatable bonds is 3. The first-order chi connectivity index (χ1) is 6.66. The third-order valence-corrected chi connectivity index (χ3v) is 3.79. The maximum absolute atomic E-state index is 11.3. The van der Waals surface area contributed by atoms with Gasteiger partial charge in [0.05, 0.1) is 0 Å². The Bertz CT molecular complexity index is 243. The van der Waals surface area contributed by atoms with Crippen LogP contribution in [0.1, 0.15) is 38.5 Å². The molecule has 0 aromatic carbocycles. The lowest BCUT2D eigenvalue weighted by atomic mass is 9.76. The fourth-order valence-electron chi connectivity index (χ4n) is 3.18. The van der Waals surface area contributed by atoms with Crippen molar-refractivity contribution in [3.8, 4) is 0 Å². The highest BCUT2D eigenvalue weighted by atomic mass is 16.4. The van der Waals surface area contributed by atoms with Crippen molar-refractivity contribution in [1.82, 2.24) is 0 Å². The summed E-state index contributed by atoms with van der Waals surface area (Å²) in [5.74, 6) is 1.20. The molecule has 1 N–H and O–H groups in total. The quantitative estimate of drug-likeness (QED) is 0.749. The van der Waals surface area contributed by atoms with Crippen LogP contribution in [0, 0.1) is 17.8 Å². The highest BCUT2D eigenvalue weighted by molar-refractivity contribution is 5.80. The largest absolute Gasteiger partial charge is 0.481 e. The van der Waals surface area contributed by atoms with E-state index in [-0.39, 0.29) is 6.42 Å². The molecule has 0 aromatic rings. The van der Waals surface area contributed by atoms with Crippen LogP contribution in [0.15, 0.2) is 0 Å². The van der Waals surface area contributed by atoms with Crippen molar-refractivity contribution in [2.24, 2.45) is 17.8 Å². The van der Waals surface area contributed by atoms with E-state index in [1.165, 1.54) is 0 Å². The second-order valence-corrected chi connectivity index (χ2v) is 4.64. The van der Waals surface area contributed by atoms with Crippen LogP contribution in [0.25, 0.3) is 0 Å². The predicted octanol–water partition coefficient (Wildman–Crippen LogP) is 1.86. The number of carboxylic acid groups (broad SMARTS) is 1. The summed E-state index contributed by atoms with van der Waals surface area (Å²) in [6.07, 6.45) is 4.74. The molecule has 0 amide bonds. The molecular weight excluding hydrogens is 180 g/mol. The van der Waals surface area contributed by atoms with Gasteiger partial charge < -0.3 is 5.11 Å². The molecule has 2 aliphatic carbocycles. The molecule has 0 radical (unpaired) electrons. The predicted molar refractivity (Wildman–Crippen MR) is 50.8 cm³/mol. The summed E-state index contributed by atoms with van der Waals surface area (Å²) in [5.41, 5.74) is 0. The third kappa shape index (κ3) is 1.81. The van der Waals surface area contributed by atoms with Crippen molar-refractivity contribution < 1.29 is 14.7 Å². The van der Waals surface area contributed by atoms with Crippen LogP contribution in [-0.4, -0.2) is 16.9 Å². The zero-order valence-corrected chi connectivity index (χ0v) is 8.24. The lowest BCUT2D eigenvalue weighted by Gasteiger charge is -2.28. The van der Waals surface area contributed by atoms with E-state index in [1.54, 1.807) is 0 Å². The van der Waals surface area contributed by atoms with Gasteiger partial charge in [-0.25, -0.2) is 0 Å². The van der Waals surface area contributed by atoms with Crippen molar-refractivity contribution in [3.05, 3.63) is 0 Å². The first kappa shape index (κ1) is 9.69. The van der Waals surface area contributed by atoms with Gasteiger partial charge in [0.25, 0.3) is 0 Å². The molecule has 2 bridgehead atoms. The highest BCUT2D eigenvalue weighted by Gasteiger charge is 2.41. The Hall–Kier alpha value is -0.860. The van der Waals surface area contributed by atoms with Crippen LogP contribution >= 0.6 is 0 Å². The van der Waals surface area contributed by atoms with Crippen molar-refractivity contribution in [2.45, 2.75) is 38.5 Å². The second-order valence-electron chi connectivity index (χ2n) is 4.64. The van der Waals surface area contributed by atoms with Crippen molar-refractivity contribution >= 4 is 11.8 Å². The maximum Gasteiger partial charge on any atom is 0.303 e. The lowest BCUT2D eigenvalue weighted by molar-refractivity contribution is -0.137. The van der Waals surface area contributed by atoms with E-state index in [0.717, 1.165) is 19.3 Å². The van der Waals surface area contributed by atoms with Gasteiger partial charge in [-0.05, 0) is 37.0 Å². The molecule has 2 aliphatic rings. The van der Waals surface area contributed by atoms with Gasteiger partial charge in [0.2, 0.25) is 0 Å². The van der Waals surface area contributed by atoms with Gasteiger partial charge in [0.1, 0.15) is 5.78 Å². The number of aliphatic carboxylic acids is 1. The van der Waals surface area contributed by atoms with E-state index in [9.17, 15) is 9.59 Å². The minimum atomic E-state index is -0.707. The number of carbonyl (C=O) groups is 2. The summed E-state index contributed by atoms with van der Waals surface area (Å²) >= 11 is 0. The van der Waals surface area contributed by atoms with Crippen LogP contribution in [-0.2, 0) is 9.59 Å². The Morgan fingerprint density at radius 1 is 1.29 bits per heavy atom. The fraction of sp³-hybridized carbons (Fsp3) is 0.818. The highest BCUT2D eigenvalue weighted by Crippen LogP contribution is 2.47. The van der Waals surface area contributed by atoms with Crippen molar-refractivity contribution in [2.75, 3.05) is 0 Å². The lowest BCUT2D eigenvalue weighted by Crippen LogP contribution is -2.26. The van der Waals surface area contributed by atoms with Crippen LogP contribution in [0.2, 0.25) is 0 Å². The summed E-state index contributed by atoms with van der Waals surface area (Å²) in [4.78, 5) is 21.8. The molecule has 2 atom stereocenters. The Labute approximate surface area is 83.5 Å². The summed E-state index contributed by atoms with van der Waals surface area (Å²) in [7, 11) is 0. The van der Waals surface area contributed by atoms with Crippen LogP contribution < -0.4 is 0 Å². The van der Waals surface area contributed by atoms with E-state index < -0.39 is 5.97 Å². The number of carbonyl (C=O) groups excluding carboxylic acids is 1. The van der Waals surface area contributed by atoms with Crippen LogP contribution in [0.5, 0.6) is 0 Å². The monoisotopic (exact) mass is 196 g/mol. The molecule has 2 fully saturated rings. The molecule has 0 spiro atoms. The van der Waals surface area contributed by atoms with Gasteiger partial charge in [0.15, 0.2) is 0 Å². The number of hydrogen-bond acceptors (Lipinski definition) is 2. The minimum absolute atomic E-state index is 0.270. The molecule has 0 heterocycles. The average molecular weight is 196 g/mol. The smallest absolute Gasteiger partial charge is 0.303 e. The molecule has 0 aliphatic heterocycles. The number of hydrogen-bond donors (Lipinski definition) is 1. The van der Waals surface area contributed by atoms with Gasteiger partial charge in [-0.3, -0.25) is 9.59 Å². The average Bonchev–Trinajstić information content (AvgIpc) is 2.34. The van der Waals surface area contributed by atoms with Gasteiger partial charge in [-0.2, -0.15) is 0 Å². The molecule has 0 saturated heterocycles. The molecular formula is C11H16O3. The van der Waals surface area contributed by atoms with Gasteiger partial charge >= 0.3 is 5.97 Å². The van der Waals surface area contributed by atoms with Crippen molar-refractivity contribution in [3.63, 3.8) is 0 Å². The second kappa shape index (κ2) is 3.71. The maximum atomic E-state index is 11.3. The fourth-order valence-corrected chi connectivity index (χ4v) is 3.18. The zero-order chi connectivity index (χ0) is 10.1. The molecule has 0 aromatic heterocycles. The normalized spacial score (nSPS) is 36.0. The third-order valence-electron chi connectivity index (χ3n) is 3.79. The number of fused-ring (bicyclic) bond motifs is 2. The Kier molecular flexibility index (Phi) is 2.57. The zero-order valence-electron chi connectivity index (χ0n) is 8.24. The number of ketones is 1. The van der Waals surface area contributed by atoms with Crippen LogP contribution in [0.3, 0.4) is 0 Å². The van der Waals surface area contributed by atoms with Gasteiger partial charge in [-0.15, -0.1) is 0 Å². The molecule has 14 heavy (non-hydrogen) atoms. The van der Waals surface area contributed by atoms with Crippen LogP contribution in [0.4, 0.5) is 0 Å². The number of carboxylic acids is 1. The molecule has 3 nitrogen and oxygen atoms in total. The molecule has 3 heteroatoms. The molecule has 78 valence electrons. The Morgan fingerprint density at radius 2 is 1.86 bits per heavy atom. The standard InChI is InChI=1S/C11H16O3/c12-9-5-7-1-2-8(6-9)10(7)3-4-11(13)14/h7-8,10H,1-6H2,(H,13,14). The number of Topliss-reactive ketones (excluding diaryl/α,β-unsaturated/α-hetero) is 1. The molecule has 2 unspecified atom stereocenters. The van der Waals surface area contributed by atoms with Crippen molar-refractivity contribution in [1.29, 1.82) is 0 Å². The Balaban J connectivity index is 1.94. The summed E-state index contributed by atoms with van der Waals surface area (Å²) in [6.45, 7) is 0. The Morgan fingerprint density at radius 3 is 2.36 bits per heavy atom. The molecule has 2 saturated carbocycles. The van der Waals surface area contributed by atoms with E-state index in [0.29, 0.717) is 36.4 Å². The topological polar surface area (TPSA) is 54.4 Å². The summed E-state index contributed by atoms with van der Waals surface area (Å²) in [6, 6.07) is 0. The van der Waals surface area contributed by atoms with E-state index >= 15 is 0 Å². The first-order valence-electron chi connectivity index (χ1n) is 5.40. The van der Waals surface area contributed by atoms with Gasteiger partial charge in [0, 0.05) is 19.3 Å². The van der Waals surface area contributed by atoms with Gasteiger partial charge in [-0.1, -0.05) is 0 Å². The van der Waals surface area contributed by atoms with E-state index in [1.807, 2.05) is 0 Å².